The summed E-state index contributed by atoms with van der Waals surface area (Å²) in [6.07, 6.45) is 6.52. The number of ketones is 1. The molecule has 0 radical (unpaired) electrons. The molecule has 0 spiro atoms. The van der Waals surface area contributed by atoms with Gasteiger partial charge >= 0.3 is 0 Å². The zero-order valence-corrected chi connectivity index (χ0v) is 14.3. The van der Waals surface area contributed by atoms with Crippen molar-refractivity contribution in [2.75, 3.05) is 6.61 Å². The molecule has 3 atom stereocenters. The van der Waals surface area contributed by atoms with E-state index in [1.807, 2.05) is 19.1 Å². The Bertz CT molecular complexity index is 463. The third-order valence-corrected chi connectivity index (χ3v) is 5.13. The molecule has 0 N–H and O–H groups in total. The van der Waals surface area contributed by atoms with Crippen molar-refractivity contribution in [3.63, 3.8) is 0 Å². The van der Waals surface area contributed by atoms with E-state index in [2.05, 4.69) is 26.0 Å². The van der Waals surface area contributed by atoms with Crippen LogP contribution in [0.2, 0.25) is 0 Å². The molecule has 1 aromatic rings. The molecular formula is C20H30O2. The van der Waals surface area contributed by atoms with Gasteiger partial charge in [0.05, 0.1) is 6.61 Å². The standard InChI is InChI=1S/C20H30O2/c1-4-6-7-17-8-9-18(14-20(17)21)15(3)16-10-12-19(13-11-16)22-5-2/h10-13,15,17-18H,4-9,14H2,1-3H3/t15?,17-,18-/m1/s1. The van der Waals surface area contributed by atoms with E-state index in [4.69, 9.17) is 4.74 Å². The number of unbranched alkanes of at least 4 members (excludes halogenated alkanes) is 1. The second-order valence-electron chi connectivity index (χ2n) is 6.64. The van der Waals surface area contributed by atoms with Crippen LogP contribution in [0.1, 0.15) is 70.8 Å². The Hall–Kier alpha value is -1.31. The van der Waals surface area contributed by atoms with E-state index in [0.29, 0.717) is 30.1 Å². The molecule has 0 aromatic heterocycles. The van der Waals surface area contributed by atoms with Crippen LogP contribution in [-0.4, -0.2) is 12.4 Å². The third-order valence-electron chi connectivity index (χ3n) is 5.13. The van der Waals surface area contributed by atoms with Gasteiger partial charge < -0.3 is 4.74 Å². The zero-order valence-electron chi connectivity index (χ0n) is 14.3. The van der Waals surface area contributed by atoms with Gasteiger partial charge in [-0.3, -0.25) is 4.79 Å². The monoisotopic (exact) mass is 302 g/mol. The summed E-state index contributed by atoms with van der Waals surface area (Å²) in [4.78, 5) is 12.4. The fourth-order valence-corrected chi connectivity index (χ4v) is 3.59. The summed E-state index contributed by atoms with van der Waals surface area (Å²) in [5.41, 5.74) is 1.33. The van der Waals surface area contributed by atoms with Gasteiger partial charge in [0.2, 0.25) is 0 Å². The van der Waals surface area contributed by atoms with Crippen molar-refractivity contribution in [2.45, 2.75) is 65.2 Å². The van der Waals surface area contributed by atoms with E-state index in [1.54, 1.807) is 0 Å². The smallest absolute Gasteiger partial charge is 0.136 e. The van der Waals surface area contributed by atoms with Gasteiger partial charge in [-0.05, 0) is 55.7 Å². The number of ether oxygens (including phenoxy) is 1. The lowest BCUT2D eigenvalue weighted by Gasteiger charge is -2.31. The maximum Gasteiger partial charge on any atom is 0.136 e. The van der Waals surface area contributed by atoms with Crippen LogP contribution in [0.3, 0.4) is 0 Å². The molecule has 0 saturated heterocycles. The normalized spacial score (nSPS) is 23.3. The summed E-state index contributed by atoms with van der Waals surface area (Å²) in [6.45, 7) is 7.16. The Morgan fingerprint density at radius 2 is 1.91 bits per heavy atom. The van der Waals surface area contributed by atoms with Crippen LogP contribution in [-0.2, 0) is 4.79 Å². The molecule has 1 aromatic carbocycles. The van der Waals surface area contributed by atoms with Gasteiger partial charge in [0.25, 0.3) is 0 Å². The molecule has 1 unspecified atom stereocenters. The maximum atomic E-state index is 12.4. The van der Waals surface area contributed by atoms with E-state index >= 15 is 0 Å². The van der Waals surface area contributed by atoms with Gasteiger partial charge in [-0.1, -0.05) is 38.8 Å². The van der Waals surface area contributed by atoms with Crippen LogP contribution in [0.4, 0.5) is 0 Å². The molecule has 0 heterocycles. The number of carbonyl (C=O) groups excluding carboxylic acids is 1. The molecule has 2 rings (SSSR count). The number of Topliss-reactive ketones (excluding diaryl/α,β-unsaturated/α-hetero) is 1. The Morgan fingerprint density at radius 3 is 2.50 bits per heavy atom. The highest BCUT2D eigenvalue weighted by Crippen LogP contribution is 2.38. The van der Waals surface area contributed by atoms with E-state index in [-0.39, 0.29) is 0 Å². The average Bonchev–Trinajstić information content (AvgIpc) is 2.54. The van der Waals surface area contributed by atoms with Gasteiger partial charge in [0, 0.05) is 12.3 Å². The molecule has 122 valence electrons. The predicted molar refractivity (Wildman–Crippen MR) is 91.4 cm³/mol. The van der Waals surface area contributed by atoms with Gasteiger partial charge in [-0.15, -0.1) is 0 Å². The lowest BCUT2D eigenvalue weighted by Crippen LogP contribution is -2.27. The van der Waals surface area contributed by atoms with Crippen LogP contribution in [0.15, 0.2) is 24.3 Å². The minimum atomic E-state index is 0.337. The van der Waals surface area contributed by atoms with Gasteiger partial charge in [0.15, 0.2) is 0 Å². The molecule has 2 nitrogen and oxygen atoms in total. The second-order valence-corrected chi connectivity index (χ2v) is 6.64. The molecule has 1 aliphatic carbocycles. The Labute approximate surface area is 135 Å². The lowest BCUT2D eigenvalue weighted by atomic mass is 9.72. The topological polar surface area (TPSA) is 26.3 Å². The van der Waals surface area contributed by atoms with Crippen molar-refractivity contribution in [3.8, 4) is 5.75 Å². The maximum absolute atomic E-state index is 12.4. The van der Waals surface area contributed by atoms with Crippen molar-refractivity contribution < 1.29 is 9.53 Å². The average molecular weight is 302 g/mol. The van der Waals surface area contributed by atoms with Crippen LogP contribution >= 0.6 is 0 Å². The van der Waals surface area contributed by atoms with Crippen molar-refractivity contribution >= 4 is 5.78 Å². The van der Waals surface area contributed by atoms with Gasteiger partial charge in [-0.2, -0.15) is 0 Å². The summed E-state index contributed by atoms with van der Waals surface area (Å²) < 4.78 is 5.50. The summed E-state index contributed by atoms with van der Waals surface area (Å²) in [5.74, 6) is 2.72. The van der Waals surface area contributed by atoms with Crippen LogP contribution < -0.4 is 4.74 Å². The molecule has 0 aliphatic heterocycles. The molecule has 22 heavy (non-hydrogen) atoms. The lowest BCUT2D eigenvalue weighted by molar-refractivity contribution is -0.126. The molecule has 2 heteroatoms. The second kappa shape index (κ2) is 8.36. The predicted octanol–water partition coefficient (Wildman–Crippen LogP) is 5.36. The van der Waals surface area contributed by atoms with E-state index in [1.165, 1.54) is 24.8 Å². The summed E-state index contributed by atoms with van der Waals surface area (Å²) >= 11 is 0. The van der Waals surface area contributed by atoms with Crippen molar-refractivity contribution in [1.29, 1.82) is 0 Å². The number of hydrogen-bond donors (Lipinski definition) is 0. The number of hydrogen-bond acceptors (Lipinski definition) is 2. The summed E-state index contributed by atoms with van der Waals surface area (Å²) in [5, 5.41) is 0. The first-order chi connectivity index (χ1) is 10.7. The number of benzene rings is 1. The first-order valence-corrected chi connectivity index (χ1v) is 8.91. The van der Waals surface area contributed by atoms with Crippen LogP contribution in [0, 0.1) is 11.8 Å². The first-order valence-electron chi connectivity index (χ1n) is 8.91. The van der Waals surface area contributed by atoms with Gasteiger partial charge in [-0.25, -0.2) is 0 Å². The Balaban J connectivity index is 1.93. The fraction of sp³-hybridized carbons (Fsp3) is 0.650. The van der Waals surface area contributed by atoms with Crippen molar-refractivity contribution in [3.05, 3.63) is 29.8 Å². The quantitative estimate of drug-likeness (QED) is 0.677. The fourth-order valence-electron chi connectivity index (χ4n) is 3.59. The third kappa shape index (κ3) is 4.34. The van der Waals surface area contributed by atoms with E-state index in [9.17, 15) is 4.79 Å². The highest BCUT2D eigenvalue weighted by atomic mass is 16.5. The number of carbonyl (C=O) groups is 1. The highest BCUT2D eigenvalue weighted by Gasteiger charge is 2.31. The van der Waals surface area contributed by atoms with Gasteiger partial charge in [0.1, 0.15) is 11.5 Å². The summed E-state index contributed by atoms with van der Waals surface area (Å²) in [6, 6.07) is 8.40. The Morgan fingerprint density at radius 1 is 1.18 bits per heavy atom. The Kier molecular flexibility index (Phi) is 6.48. The van der Waals surface area contributed by atoms with Crippen LogP contribution in [0.5, 0.6) is 5.75 Å². The zero-order chi connectivity index (χ0) is 15.9. The first kappa shape index (κ1) is 17.1. The van der Waals surface area contributed by atoms with Crippen molar-refractivity contribution in [2.24, 2.45) is 11.8 Å². The van der Waals surface area contributed by atoms with E-state index < -0.39 is 0 Å². The van der Waals surface area contributed by atoms with E-state index in [0.717, 1.165) is 25.0 Å². The SMILES string of the molecule is CCCC[C@@H]1CC[C@@H](C(C)c2ccc(OCC)cc2)CC1=O. The highest BCUT2D eigenvalue weighted by molar-refractivity contribution is 5.82. The minimum Gasteiger partial charge on any atom is -0.494 e. The molecule has 1 fully saturated rings. The largest absolute Gasteiger partial charge is 0.494 e. The number of rotatable bonds is 7. The molecular weight excluding hydrogens is 272 g/mol. The summed E-state index contributed by atoms with van der Waals surface area (Å²) in [7, 11) is 0. The minimum absolute atomic E-state index is 0.337. The molecule has 1 aliphatic rings. The molecule has 1 saturated carbocycles. The molecule has 0 bridgehead atoms. The molecule has 0 amide bonds. The van der Waals surface area contributed by atoms with Crippen LogP contribution in [0.25, 0.3) is 0 Å². The van der Waals surface area contributed by atoms with Crippen molar-refractivity contribution in [1.82, 2.24) is 0 Å².